The molecule has 2 aromatic rings. The first-order valence-corrected chi connectivity index (χ1v) is 7.20. The molecule has 0 bridgehead atoms. The second-order valence-electron chi connectivity index (χ2n) is 5.28. The highest BCUT2D eigenvalue weighted by atomic mass is 16.4. The second kappa shape index (κ2) is 6.00. The molecule has 0 fully saturated rings. The normalized spacial score (nSPS) is 15.7. The van der Waals surface area contributed by atoms with E-state index < -0.39 is 5.97 Å². The highest BCUT2D eigenvalue weighted by molar-refractivity contribution is 6.32. The van der Waals surface area contributed by atoms with Gasteiger partial charge >= 0.3 is 5.97 Å². The van der Waals surface area contributed by atoms with Gasteiger partial charge in [0.05, 0.1) is 17.0 Å². The van der Waals surface area contributed by atoms with Crippen LogP contribution in [0.1, 0.15) is 22.8 Å². The third kappa shape index (κ3) is 2.77. The smallest absolute Gasteiger partial charge is 0.339 e. The minimum atomic E-state index is -1.28. The van der Waals surface area contributed by atoms with Crippen LogP contribution in [-0.4, -0.2) is 27.8 Å². The van der Waals surface area contributed by atoms with Crippen molar-refractivity contribution in [1.29, 1.82) is 0 Å². The van der Waals surface area contributed by atoms with Crippen molar-refractivity contribution >= 4 is 29.4 Å². The number of aromatic hydroxyl groups is 1. The van der Waals surface area contributed by atoms with E-state index in [1.54, 1.807) is 13.0 Å². The Balaban J connectivity index is 1.98. The Kier molecular flexibility index (Phi) is 3.87. The van der Waals surface area contributed by atoms with Crippen LogP contribution in [0.5, 0.6) is 5.75 Å². The molecule has 1 amide bonds. The van der Waals surface area contributed by atoms with Crippen molar-refractivity contribution in [3.8, 4) is 5.75 Å². The molecule has 0 radical (unpaired) electrons. The quantitative estimate of drug-likeness (QED) is 0.850. The van der Waals surface area contributed by atoms with Gasteiger partial charge in [-0.05, 0) is 36.8 Å². The summed E-state index contributed by atoms with van der Waals surface area (Å²) >= 11 is 0. The maximum absolute atomic E-state index is 12.6. The number of carbonyl (C=O) groups is 2. The molecule has 0 spiro atoms. The lowest BCUT2D eigenvalue weighted by atomic mass is 10.1. The summed E-state index contributed by atoms with van der Waals surface area (Å²) < 4.78 is 0. The van der Waals surface area contributed by atoms with E-state index in [0.29, 0.717) is 11.3 Å². The van der Waals surface area contributed by atoms with Gasteiger partial charge in [0.2, 0.25) is 0 Å². The lowest BCUT2D eigenvalue weighted by Crippen LogP contribution is -2.21. The lowest BCUT2D eigenvalue weighted by molar-refractivity contribution is -0.114. The minimum absolute atomic E-state index is 0.283. The fourth-order valence-corrected chi connectivity index (χ4v) is 2.40. The van der Waals surface area contributed by atoms with Crippen LogP contribution in [0, 0.1) is 0 Å². The van der Waals surface area contributed by atoms with Crippen LogP contribution in [0.2, 0.25) is 0 Å². The molecular weight excluding hydrogens is 308 g/mol. The number of rotatable bonds is 3. The standard InChI is InChI=1S/C18H14N2O4/c1-11-14(9-12-5-3-2-4-6-12)17(22)20(19-11)13-7-8-16(21)15(10-13)18(23)24/h2-10,21H,1H3,(H,23,24)/b14-9-. The number of nitrogens with zero attached hydrogens (tertiary/aromatic N) is 2. The van der Waals surface area contributed by atoms with Crippen molar-refractivity contribution in [2.45, 2.75) is 6.92 Å². The zero-order chi connectivity index (χ0) is 17.3. The molecule has 0 saturated carbocycles. The summed E-state index contributed by atoms with van der Waals surface area (Å²) in [5, 5.41) is 24.0. The van der Waals surface area contributed by atoms with Gasteiger partial charge in [-0.3, -0.25) is 4.79 Å². The van der Waals surface area contributed by atoms with Crippen LogP contribution < -0.4 is 5.01 Å². The van der Waals surface area contributed by atoms with E-state index in [0.717, 1.165) is 10.6 Å². The van der Waals surface area contributed by atoms with Gasteiger partial charge in [0.15, 0.2) is 0 Å². The van der Waals surface area contributed by atoms with Gasteiger partial charge in [0, 0.05) is 0 Å². The number of benzene rings is 2. The molecule has 3 rings (SSSR count). The van der Waals surface area contributed by atoms with Crippen molar-refractivity contribution in [2.24, 2.45) is 5.10 Å². The Morgan fingerprint density at radius 2 is 1.88 bits per heavy atom. The van der Waals surface area contributed by atoms with Crippen molar-refractivity contribution in [3.63, 3.8) is 0 Å². The maximum atomic E-state index is 12.6. The number of carboxylic acids is 1. The number of hydrogen-bond acceptors (Lipinski definition) is 4. The van der Waals surface area contributed by atoms with E-state index in [1.807, 2.05) is 30.3 Å². The summed E-state index contributed by atoms with van der Waals surface area (Å²) in [5.41, 5.74) is 1.84. The van der Waals surface area contributed by atoms with Gasteiger partial charge in [0.25, 0.3) is 5.91 Å². The fourth-order valence-electron chi connectivity index (χ4n) is 2.40. The number of hydrogen-bond donors (Lipinski definition) is 2. The van der Waals surface area contributed by atoms with Crippen molar-refractivity contribution in [3.05, 3.63) is 65.2 Å². The van der Waals surface area contributed by atoms with Crippen LogP contribution in [0.3, 0.4) is 0 Å². The third-order valence-electron chi connectivity index (χ3n) is 3.63. The monoisotopic (exact) mass is 322 g/mol. The van der Waals surface area contributed by atoms with E-state index in [4.69, 9.17) is 5.11 Å². The zero-order valence-corrected chi connectivity index (χ0v) is 12.8. The number of carbonyl (C=O) groups excluding carboxylic acids is 1. The van der Waals surface area contributed by atoms with Crippen LogP contribution in [0.15, 0.2) is 59.2 Å². The Morgan fingerprint density at radius 1 is 1.17 bits per heavy atom. The lowest BCUT2D eigenvalue weighted by Gasteiger charge is -2.13. The SMILES string of the molecule is CC1=NN(c2ccc(O)c(C(=O)O)c2)C(=O)/C1=C\c1ccccc1. The molecular formula is C18H14N2O4. The molecule has 24 heavy (non-hydrogen) atoms. The molecule has 120 valence electrons. The third-order valence-corrected chi connectivity index (χ3v) is 3.63. The molecule has 2 N–H and O–H groups in total. The number of anilines is 1. The Labute approximate surface area is 138 Å². The first-order chi connectivity index (χ1) is 11.5. The molecule has 6 nitrogen and oxygen atoms in total. The van der Waals surface area contributed by atoms with E-state index in [-0.39, 0.29) is 22.9 Å². The molecule has 0 aliphatic carbocycles. The van der Waals surface area contributed by atoms with E-state index in [1.165, 1.54) is 18.2 Å². The topological polar surface area (TPSA) is 90.2 Å². The minimum Gasteiger partial charge on any atom is -0.507 e. The number of hydrazone groups is 1. The van der Waals surface area contributed by atoms with Crippen molar-refractivity contribution in [1.82, 2.24) is 0 Å². The molecule has 0 unspecified atom stereocenters. The molecule has 1 aliphatic heterocycles. The van der Waals surface area contributed by atoms with E-state index in [2.05, 4.69) is 5.10 Å². The van der Waals surface area contributed by atoms with E-state index in [9.17, 15) is 14.7 Å². The predicted molar refractivity (Wildman–Crippen MR) is 90.1 cm³/mol. The van der Waals surface area contributed by atoms with Gasteiger partial charge in [-0.1, -0.05) is 30.3 Å². The molecule has 0 atom stereocenters. The summed E-state index contributed by atoms with van der Waals surface area (Å²) in [4.78, 5) is 23.7. The molecule has 1 heterocycles. The van der Waals surface area contributed by atoms with Gasteiger partial charge in [0.1, 0.15) is 11.3 Å². The Hall–Kier alpha value is -3.41. The van der Waals surface area contributed by atoms with Gasteiger partial charge < -0.3 is 10.2 Å². The fraction of sp³-hybridized carbons (Fsp3) is 0.0556. The Morgan fingerprint density at radius 3 is 2.54 bits per heavy atom. The summed E-state index contributed by atoms with van der Waals surface area (Å²) in [6.07, 6.45) is 1.74. The first-order valence-electron chi connectivity index (χ1n) is 7.20. The molecule has 6 heteroatoms. The second-order valence-corrected chi connectivity index (χ2v) is 5.28. The molecule has 0 saturated heterocycles. The van der Waals surface area contributed by atoms with Crippen LogP contribution in [0.4, 0.5) is 5.69 Å². The maximum Gasteiger partial charge on any atom is 0.339 e. The summed E-state index contributed by atoms with van der Waals surface area (Å²) in [5.74, 6) is -1.99. The average molecular weight is 322 g/mol. The summed E-state index contributed by atoms with van der Waals surface area (Å²) in [6.45, 7) is 1.71. The zero-order valence-electron chi connectivity index (χ0n) is 12.8. The highest BCUT2D eigenvalue weighted by Gasteiger charge is 2.29. The summed E-state index contributed by atoms with van der Waals surface area (Å²) in [7, 11) is 0. The van der Waals surface area contributed by atoms with Crippen LogP contribution in [0.25, 0.3) is 6.08 Å². The number of aromatic carboxylic acids is 1. The average Bonchev–Trinajstić information content (AvgIpc) is 2.84. The Bertz CT molecular complexity index is 885. The number of carboxylic acid groups (broad SMARTS) is 1. The van der Waals surface area contributed by atoms with E-state index >= 15 is 0 Å². The van der Waals surface area contributed by atoms with Gasteiger partial charge in [-0.15, -0.1) is 0 Å². The van der Waals surface area contributed by atoms with Gasteiger partial charge in [-0.2, -0.15) is 10.1 Å². The molecule has 0 aromatic heterocycles. The molecule has 1 aliphatic rings. The van der Waals surface area contributed by atoms with Gasteiger partial charge in [-0.25, -0.2) is 4.79 Å². The van der Waals surface area contributed by atoms with Crippen molar-refractivity contribution < 1.29 is 19.8 Å². The van der Waals surface area contributed by atoms with Crippen LogP contribution >= 0.6 is 0 Å². The number of phenols is 1. The van der Waals surface area contributed by atoms with Crippen LogP contribution in [-0.2, 0) is 4.79 Å². The highest BCUT2D eigenvalue weighted by Crippen LogP contribution is 2.29. The summed E-state index contributed by atoms with van der Waals surface area (Å²) in [6, 6.07) is 13.3. The molecule has 2 aromatic carbocycles. The predicted octanol–water partition coefficient (Wildman–Crippen LogP) is 2.90. The number of amides is 1. The first kappa shape index (κ1) is 15.5. The van der Waals surface area contributed by atoms with Crippen molar-refractivity contribution in [2.75, 3.05) is 5.01 Å². The largest absolute Gasteiger partial charge is 0.507 e.